The first-order valence-electron chi connectivity index (χ1n) is 10.8. The van der Waals surface area contributed by atoms with E-state index in [9.17, 15) is 23.6 Å². The van der Waals surface area contributed by atoms with Gasteiger partial charge in [-0.05, 0) is 69.1 Å². The first-order chi connectivity index (χ1) is 15.5. The number of hydrogen-bond donors (Lipinski definition) is 1. The minimum absolute atomic E-state index is 0.0413. The topological polar surface area (TPSA) is 96.0 Å². The number of rotatable bonds is 5. The molecule has 0 aromatic heterocycles. The van der Waals surface area contributed by atoms with Crippen LogP contribution in [-0.2, 0) is 14.3 Å². The highest BCUT2D eigenvalue weighted by Crippen LogP contribution is 2.32. The van der Waals surface area contributed by atoms with E-state index in [-0.39, 0.29) is 42.2 Å². The van der Waals surface area contributed by atoms with Crippen LogP contribution in [0, 0.1) is 11.7 Å². The molecule has 33 heavy (non-hydrogen) atoms. The maximum atomic E-state index is 13.1. The lowest BCUT2D eigenvalue weighted by atomic mass is 9.97. The second-order valence-electron chi connectivity index (χ2n) is 8.94. The van der Waals surface area contributed by atoms with Crippen LogP contribution in [-0.4, -0.2) is 64.7 Å². The van der Waals surface area contributed by atoms with Gasteiger partial charge in [-0.25, -0.2) is 9.18 Å². The van der Waals surface area contributed by atoms with Crippen molar-refractivity contribution in [2.45, 2.75) is 39.2 Å². The normalized spacial score (nSPS) is 20.4. The van der Waals surface area contributed by atoms with Crippen LogP contribution < -0.4 is 5.32 Å². The Kier molecular flexibility index (Phi) is 7.78. The number of nitrogens with one attached hydrogen (secondary N) is 1. The monoisotopic (exact) mass is 477 g/mol. The molecule has 3 rings (SSSR count). The first kappa shape index (κ1) is 24.8. The highest BCUT2D eigenvalue weighted by Gasteiger charge is 2.35. The number of imide groups is 1. The summed E-state index contributed by atoms with van der Waals surface area (Å²) < 4.78 is 18.4. The van der Waals surface area contributed by atoms with Gasteiger partial charge in [0.05, 0.1) is 10.8 Å². The van der Waals surface area contributed by atoms with E-state index in [1.54, 1.807) is 20.8 Å². The van der Waals surface area contributed by atoms with Crippen molar-refractivity contribution >= 4 is 41.0 Å². The van der Waals surface area contributed by atoms with Gasteiger partial charge in [0.25, 0.3) is 11.1 Å². The smallest absolute Gasteiger partial charge is 0.410 e. The number of hydrogen-bond acceptors (Lipinski definition) is 6. The van der Waals surface area contributed by atoms with Gasteiger partial charge in [-0.1, -0.05) is 12.1 Å². The SMILES string of the molecule is CC(C)(C)OC(=O)N1CCCC(C(=O)NCCN2C(=O)SC(=Cc3ccc(F)cc3)C2=O)C1. The van der Waals surface area contributed by atoms with Gasteiger partial charge < -0.3 is 15.0 Å². The van der Waals surface area contributed by atoms with Crippen molar-refractivity contribution in [2.75, 3.05) is 26.2 Å². The number of ether oxygens (including phenoxy) is 1. The van der Waals surface area contributed by atoms with Crippen LogP contribution in [0.1, 0.15) is 39.2 Å². The largest absolute Gasteiger partial charge is 0.444 e. The van der Waals surface area contributed by atoms with E-state index in [1.807, 2.05) is 0 Å². The van der Waals surface area contributed by atoms with E-state index in [0.29, 0.717) is 24.9 Å². The molecule has 2 aliphatic heterocycles. The molecule has 0 aliphatic carbocycles. The Morgan fingerprint density at radius 1 is 1.24 bits per heavy atom. The van der Waals surface area contributed by atoms with Gasteiger partial charge in [0.1, 0.15) is 11.4 Å². The summed E-state index contributed by atoms with van der Waals surface area (Å²) in [4.78, 5) is 52.6. The van der Waals surface area contributed by atoms with Crippen molar-refractivity contribution in [1.82, 2.24) is 15.1 Å². The minimum Gasteiger partial charge on any atom is -0.444 e. The van der Waals surface area contributed by atoms with Crippen molar-refractivity contribution < 1.29 is 28.3 Å². The van der Waals surface area contributed by atoms with E-state index in [2.05, 4.69) is 5.32 Å². The quantitative estimate of drug-likeness (QED) is 0.651. The molecule has 1 N–H and O–H groups in total. The van der Waals surface area contributed by atoms with E-state index in [4.69, 9.17) is 4.74 Å². The molecule has 2 heterocycles. The Morgan fingerprint density at radius 2 is 1.94 bits per heavy atom. The van der Waals surface area contributed by atoms with E-state index in [1.165, 1.54) is 35.2 Å². The molecule has 1 aromatic carbocycles. The molecule has 0 spiro atoms. The van der Waals surface area contributed by atoms with Crippen LogP contribution in [0.15, 0.2) is 29.2 Å². The van der Waals surface area contributed by atoms with Crippen molar-refractivity contribution in [3.63, 3.8) is 0 Å². The Balaban J connectivity index is 1.50. The number of halogens is 1. The Bertz CT molecular complexity index is 958. The van der Waals surface area contributed by atoms with Gasteiger partial charge in [-0.3, -0.25) is 19.3 Å². The maximum absolute atomic E-state index is 13.1. The fraction of sp³-hybridized carbons (Fsp3) is 0.478. The summed E-state index contributed by atoms with van der Waals surface area (Å²) in [5.74, 6) is -1.43. The molecule has 0 saturated carbocycles. The molecular formula is C23H28FN3O5S. The lowest BCUT2D eigenvalue weighted by Crippen LogP contribution is -2.48. The molecular weight excluding hydrogens is 449 g/mol. The predicted octanol–water partition coefficient (Wildman–Crippen LogP) is 3.63. The zero-order valence-corrected chi connectivity index (χ0v) is 19.7. The van der Waals surface area contributed by atoms with Crippen molar-refractivity contribution in [3.8, 4) is 0 Å². The molecule has 4 amide bonds. The third kappa shape index (κ3) is 6.80. The molecule has 1 atom stereocenters. The molecule has 8 nitrogen and oxygen atoms in total. The van der Waals surface area contributed by atoms with E-state index >= 15 is 0 Å². The second-order valence-corrected chi connectivity index (χ2v) is 9.93. The van der Waals surface area contributed by atoms with Crippen molar-refractivity contribution in [3.05, 3.63) is 40.6 Å². The maximum Gasteiger partial charge on any atom is 0.410 e. The third-order valence-corrected chi connectivity index (χ3v) is 6.03. The lowest BCUT2D eigenvalue weighted by molar-refractivity contribution is -0.127. The van der Waals surface area contributed by atoms with Crippen molar-refractivity contribution in [2.24, 2.45) is 5.92 Å². The molecule has 2 saturated heterocycles. The minimum atomic E-state index is -0.608. The molecule has 2 fully saturated rings. The number of benzene rings is 1. The number of piperidine rings is 1. The number of carbonyl (C=O) groups excluding carboxylic acids is 4. The predicted molar refractivity (Wildman–Crippen MR) is 123 cm³/mol. The number of thioether (sulfide) groups is 1. The van der Waals surface area contributed by atoms with Crippen LogP contribution in [0.3, 0.4) is 0 Å². The summed E-state index contributed by atoms with van der Waals surface area (Å²) in [6, 6.07) is 5.60. The van der Waals surface area contributed by atoms with Crippen LogP contribution in [0.4, 0.5) is 14.0 Å². The highest BCUT2D eigenvalue weighted by atomic mass is 32.2. The number of carbonyl (C=O) groups is 4. The summed E-state index contributed by atoms with van der Waals surface area (Å²) in [7, 11) is 0. The van der Waals surface area contributed by atoms with E-state index < -0.39 is 22.8 Å². The average Bonchev–Trinajstić information content (AvgIpc) is 3.01. The van der Waals surface area contributed by atoms with Crippen LogP contribution in [0.2, 0.25) is 0 Å². The Hall–Kier alpha value is -2.88. The zero-order chi connectivity index (χ0) is 24.2. The zero-order valence-electron chi connectivity index (χ0n) is 18.9. The summed E-state index contributed by atoms with van der Waals surface area (Å²) in [6.07, 6.45) is 2.43. The summed E-state index contributed by atoms with van der Waals surface area (Å²) >= 11 is 0.810. The summed E-state index contributed by atoms with van der Waals surface area (Å²) in [5, 5.41) is 2.34. The van der Waals surface area contributed by atoms with Gasteiger partial charge in [0, 0.05) is 26.2 Å². The highest BCUT2D eigenvalue weighted by molar-refractivity contribution is 8.18. The Morgan fingerprint density at radius 3 is 2.61 bits per heavy atom. The van der Waals surface area contributed by atoms with Gasteiger partial charge >= 0.3 is 6.09 Å². The lowest BCUT2D eigenvalue weighted by Gasteiger charge is -2.33. The van der Waals surface area contributed by atoms with Crippen LogP contribution >= 0.6 is 11.8 Å². The summed E-state index contributed by atoms with van der Waals surface area (Å²) in [5.41, 5.74) is 0.00497. The molecule has 178 valence electrons. The Labute approximate surface area is 196 Å². The van der Waals surface area contributed by atoms with Crippen LogP contribution in [0.5, 0.6) is 0 Å². The van der Waals surface area contributed by atoms with Gasteiger partial charge in [-0.15, -0.1) is 0 Å². The van der Waals surface area contributed by atoms with Gasteiger partial charge in [-0.2, -0.15) is 0 Å². The fourth-order valence-electron chi connectivity index (χ4n) is 3.52. The van der Waals surface area contributed by atoms with Crippen molar-refractivity contribution in [1.29, 1.82) is 0 Å². The molecule has 1 aromatic rings. The molecule has 10 heteroatoms. The first-order valence-corrected chi connectivity index (χ1v) is 11.6. The standard InChI is InChI=1S/C23H28FN3O5S/c1-23(2,3)32-21(30)26-11-4-5-16(14-26)19(28)25-10-12-27-20(29)18(33-22(27)31)13-15-6-8-17(24)9-7-15/h6-9,13,16H,4-5,10-12,14H2,1-3H3,(H,25,28). The third-order valence-electron chi connectivity index (χ3n) is 5.12. The average molecular weight is 478 g/mol. The molecule has 2 aliphatic rings. The number of likely N-dealkylation sites (tertiary alicyclic amines) is 1. The molecule has 0 radical (unpaired) electrons. The van der Waals surface area contributed by atoms with Gasteiger partial charge in [0.2, 0.25) is 5.91 Å². The number of nitrogens with zero attached hydrogens (tertiary/aromatic N) is 2. The molecule has 0 bridgehead atoms. The summed E-state index contributed by atoms with van der Waals surface area (Å²) in [6.45, 7) is 6.33. The van der Waals surface area contributed by atoms with E-state index in [0.717, 1.165) is 16.7 Å². The molecule has 1 unspecified atom stereocenters. The number of amides is 4. The fourth-order valence-corrected chi connectivity index (χ4v) is 4.39. The van der Waals surface area contributed by atoms with Crippen LogP contribution in [0.25, 0.3) is 6.08 Å². The second kappa shape index (κ2) is 10.4. The van der Waals surface area contributed by atoms with Gasteiger partial charge in [0.15, 0.2) is 0 Å².